The third-order valence-electron chi connectivity index (χ3n) is 3.91. The fraction of sp³-hybridized carbons (Fsp3) is 0.176. The van der Waals surface area contributed by atoms with Gasteiger partial charge in [-0.1, -0.05) is 21.1 Å². The Balaban J connectivity index is 1.52. The van der Waals surface area contributed by atoms with Crippen LogP contribution in [0.2, 0.25) is 0 Å². The number of Topliss-reactive ketones (excluding diaryl/α,β-unsaturated/α-hetero) is 1. The van der Waals surface area contributed by atoms with Gasteiger partial charge in [0.25, 0.3) is 0 Å². The van der Waals surface area contributed by atoms with Crippen LogP contribution in [0.1, 0.15) is 12.5 Å². The molecule has 0 amide bonds. The van der Waals surface area contributed by atoms with Gasteiger partial charge in [-0.25, -0.2) is 9.07 Å². The highest BCUT2D eigenvalue weighted by atomic mass is 79.9. The number of hydrogen-bond donors (Lipinski definition) is 1. The molecule has 3 heterocycles. The van der Waals surface area contributed by atoms with Crippen LogP contribution in [0.5, 0.6) is 0 Å². The zero-order valence-electron chi connectivity index (χ0n) is 14.7. The summed E-state index contributed by atoms with van der Waals surface area (Å²) in [6.45, 7) is 1.91. The smallest absolute Gasteiger partial charge is 0.206 e. The van der Waals surface area contributed by atoms with E-state index in [1.165, 1.54) is 23.9 Å². The molecule has 0 saturated carbocycles. The van der Waals surface area contributed by atoms with Crippen molar-refractivity contribution in [3.8, 4) is 22.8 Å². The normalized spacial score (nSPS) is 11.1. The first-order valence-electron chi connectivity index (χ1n) is 8.28. The highest BCUT2D eigenvalue weighted by molar-refractivity contribution is 9.10. The maximum absolute atomic E-state index is 13.4. The van der Waals surface area contributed by atoms with Gasteiger partial charge in [-0.15, -0.1) is 15.3 Å². The molecule has 0 spiro atoms. The lowest BCUT2D eigenvalue weighted by molar-refractivity contribution is -0.117. The van der Waals surface area contributed by atoms with Crippen molar-refractivity contribution >= 4 is 21.7 Å². The standard InChI is InChI=1S/C17H14BrFN8O/c1-10(28)7-27-23-17(22-25-27)11-5-15(20-6-11)16-9-26(24-21-16)8-12-4-13(19)2-3-14(12)18/h2-6,9,20H,7-8H2,1H3. The van der Waals surface area contributed by atoms with Gasteiger partial charge in [0.15, 0.2) is 5.78 Å². The highest BCUT2D eigenvalue weighted by Gasteiger charge is 2.13. The van der Waals surface area contributed by atoms with Crippen LogP contribution in [0.3, 0.4) is 0 Å². The predicted octanol–water partition coefficient (Wildman–Crippen LogP) is 2.47. The second-order valence-corrected chi connectivity index (χ2v) is 7.04. The molecule has 142 valence electrons. The average Bonchev–Trinajstić information content (AvgIpc) is 3.37. The lowest BCUT2D eigenvalue weighted by Gasteiger charge is -2.03. The molecule has 0 aliphatic rings. The van der Waals surface area contributed by atoms with Crippen molar-refractivity contribution in [2.75, 3.05) is 0 Å². The molecule has 3 aromatic heterocycles. The Morgan fingerprint density at radius 1 is 1.25 bits per heavy atom. The SMILES string of the molecule is CC(=O)Cn1nnc(-c2c[nH]c(-c3cn(Cc4cc(F)ccc4Br)nn3)c2)n1. The van der Waals surface area contributed by atoms with Crippen molar-refractivity contribution in [3.05, 3.63) is 52.5 Å². The van der Waals surface area contributed by atoms with E-state index in [9.17, 15) is 9.18 Å². The van der Waals surface area contributed by atoms with Gasteiger partial charge in [0, 0.05) is 16.2 Å². The Bertz CT molecular complexity index is 1150. The molecule has 1 aromatic carbocycles. The summed E-state index contributed by atoms with van der Waals surface area (Å²) in [6, 6.07) is 6.32. The average molecular weight is 445 g/mol. The molecule has 0 saturated heterocycles. The van der Waals surface area contributed by atoms with Crippen LogP contribution in [0.25, 0.3) is 22.8 Å². The van der Waals surface area contributed by atoms with Gasteiger partial charge in [0.1, 0.15) is 18.1 Å². The molecular formula is C17H14BrFN8O. The maximum Gasteiger partial charge on any atom is 0.206 e. The molecule has 0 bridgehead atoms. The summed E-state index contributed by atoms with van der Waals surface area (Å²) in [4.78, 5) is 15.5. The van der Waals surface area contributed by atoms with Crippen LogP contribution in [0.15, 0.2) is 41.1 Å². The quantitative estimate of drug-likeness (QED) is 0.489. The minimum atomic E-state index is -0.308. The summed E-state index contributed by atoms with van der Waals surface area (Å²) in [7, 11) is 0. The molecule has 0 atom stereocenters. The van der Waals surface area contributed by atoms with E-state index in [0.29, 0.717) is 23.6 Å². The van der Waals surface area contributed by atoms with Crippen LogP contribution in [-0.2, 0) is 17.9 Å². The van der Waals surface area contributed by atoms with Crippen molar-refractivity contribution in [2.24, 2.45) is 0 Å². The largest absolute Gasteiger partial charge is 0.359 e. The molecule has 9 nitrogen and oxygen atoms in total. The number of benzene rings is 1. The molecule has 28 heavy (non-hydrogen) atoms. The number of rotatable bonds is 6. The Morgan fingerprint density at radius 2 is 2.11 bits per heavy atom. The molecule has 0 fully saturated rings. The summed E-state index contributed by atoms with van der Waals surface area (Å²) in [5.41, 5.74) is 2.82. The van der Waals surface area contributed by atoms with Crippen LogP contribution in [0, 0.1) is 5.82 Å². The number of tetrazole rings is 1. The van der Waals surface area contributed by atoms with E-state index in [1.54, 1.807) is 23.1 Å². The summed E-state index contributed by atoms with van der Waals surface area (Å²) in [5.74, 6) is 0.0398. The summed E-state index contributed by atoms with van der Waals surface area (Å²) >= 11 is 3.41. The van der Waals surface area contributed by atoms with Gasteiger partial charge in [-0.3, -0.25) is 4.79 Å². The number of aromatic amines is 1. The van der Waals surface area contributed by atoms with E-state index in [4.69, 9.17) is 0 Å². The van der Waals surface area contributed by atoms with Gasteiger partial charge < -0.3 is 4.98 Å². The number of nitrogens with zero attached hydrogens (tertiary/aromatic N) is 7. The van der Waals surface area contributed by atoms with Gasteiger partial charge in [0.05, 0.1) is 18.4 Å². The number of carbonyl (C=O) groups is 1. The Labute approximate surface area is 166 Å². The van der Waals surface area contributed by atoms with Crippen molar-refractivity contribution in [1.29, 1.82) is 0 Å². The first kappa shape index (κ1) is 18.2. The van der Waals surface area contributed by atoms with Crippen LogP contribution < -0.4 is 0 Å². The van der Waals surface area contributed by atoms with Crippen molar-refractivity contribution in [2.45, 2.75) is 20.0 Å². The molecule has 0 unspecified atom stereocenters. The second kappa shape index (κ2) is 7.43. The van der Waals surface area contributed by atoms with Gasteiger partial charge in [0.2, 0.25) is 5.82 Å². The third kappa shape index (κ3) is 3.88. The first-order chi connectivity index (χ1) is 13.5. The van der Waals surface area contributed by atoms with E-state index < -0.39 is 0 Å². The number of H-pyrrole nitrogens is 1. The Morgan fingerprint density at radius 3 is 2.93 bits per heavy atom. The monoisotopic (exact) mass is 444 g/mol. The lowest BCUT2D eigenvalue weighted by atomic mass is 10.2. The zero-order valence-corrected chi connectivity index (χ0v) is 16.3. The lowest BCUT2D eigenvalue weighted by Crippen LogP contribution is -2.09. The molecule has 1 N–H and O–H groups in total. The van der Waals surface area contributed by atoms with Crippen molar-refractivity contribution < 1.29 is 9.18 Å². The maximum atomic E-state index is 13.4. The molecule has 0 radical (unpaired) electrons. The van der Waals surface area contributed by atoms with E-state index >= 15 is 0 Å². The van der Waals surface area contributed by atoms with Crippen molar-refractivity contribution in [1.82, 2.24) is 40.2 Å². The summed E-state index contributed by atoms with van der Waals surface area (Å²) in [5, 5.41) is 20.2. The van der Waals surface area contributed by atoms with Gasteiger partial charge in [-0.05, 0) is 42.0 Å². The summed E-state index contributed by atoms with van der Waals surface area (Å²) in [6.07, 6.45) is 3.49. The molecule has 4 rings (SSSR count). The third-order valence-corrected chi connectivity index (χ3v) is 4.69. The Kier molecular flexibility index (Phi) is 4.82. The van der Waals surface area contributed by atoms with Gasteiger partial charge >= 0.3 is 0 Å². The fourth-order valence-electron chi connectivity index (χ4n) is 2.63. The first-order valence-corrected chi connectivity index (χ1v) is 9.08. The number of ketones is 1. The molecule has 0 aliphatic carbocycles. The van der Waals surface area contributed by atoms with Crippen LogP contribution in [-0.4, -0.2) is 46.0 Å². The topological polar surface area (TPSA) is 107 Å². The number of carbonyl (C=O) groups excluding carboxylic acids is 1. The van der Waals surface area contributed by atoms with Crippen LogP contribution in [0.4, 0.5) is 4.39 Å². The van der Waals surface area contributed by atoms with E-state index in [0.717, 1.165) is 15.7 Å². The van der Waals surface area contributed by atoms with Crippen molar-refractivity contribution in [3.63, 3.8) is 0 Å². The summed E-state index contributed by atoms with van der Waals surface area (Å²) < 4.78 is 15.9. The number of nitrogens with one attached hydrogen (secondary N) is 1. The highest BCUT2D eigenvalue weighted by Crippen LogP contribution is 2.23. The number of halogens is 2. The number of aromatic nitrogens is 8. The van der Waals surface area contributed by atoms with Gasteiger partial charge in [-0.2, -0.15) is 4.80 Å². The second-order valence-electron chi connectivity index (χ2n) is 6.18. The molecule has 0 aliphatic heterocycles. The zero-order chi connectivity index (χ0) is 19.7. The fourth-order valence-corrected chi connectivity index (χ4v) is 3.01. The predicted molar refractivity (Wildman–Crippen MR) is 101 cm³/mol. The molecular weight excluding hydrogens is 431 g/mol. The Hall–Kier alpha value is -3.21. The number of hydrogen-bond acceptors (Lipinski definition) is 6. The van der Waals surface area contributed by atoms with E-state index in [-0.39, 0.29) is 18.1 Å². The molecule has 4 aromatic rings. The minimum Gasteiger partial charge on any atom is -0.359 e. The van der Waals surface area contributed by atoms with Crippen LogP contribution >= 0.6 is 15.9 Å². The molecule has 11 heteroatoms. The van der Waals surface area contributed by atoms with E-state index in [2.05, 4.69) is 46.6 Å². The van der Waals surface area contributed by atoms with E-state index in [1.807, 2.05) is 6.07 Å². The minimum absolute atomic E-state index is 0.0553.